The van der Waals surface area contributed by atoms with E-state index >= 15 is 0 Å². The molecule has 0 N–H and O–H groups in total. The van der Waals surface area contributed by atoms with Crippen LogP contribution in [0.25, 0.3) is 122 Å². The van der Waals surface area contributed by atoms with Crippen LogP contribution in [0.4, 0.5) is 0 Å². The Bertz CT molecular complexity index is 4140. The van der Waals surface area contributed by atoms with Gasteiger partial charge < -0.3 is 8.98 Å². The molecular weight excluding hydrogens is 771 g/mol. The van der Waals surface area contributed by atoms with E-state index < -0.39 is 30.2 Å². The van der Waals surface area contributed by atoms with Gasteiger partial charge in [0, 0.05) is 49.1 Å². The molecule has 0 fully saturated rings. The van der Waals surface area contributed by atoms with Crippen molar-refractivity contribution in [2.45, 2.75) is 0 Å². The van der Waals surface area contributed by atoms with E-state index in [0.717, 1.165) is 82.3 Å². The molecule has 0 unspecified atom stereocenters. The number of para-hydroxylation sites is 4. The Morgan fingerprint density at radius 2 is 0.937 bits per heavy atom. The summed E-state index contributed by atoms with van der Waals surface area (Å²) >= 11 is 0. The van der Waals surface area contributed by atoms with Gasteiger partial charge in [-0.2, -0.15) is 9.97 Å². The van der Waals surface area contributed by atoms with Gasteiger partial charge in [0.15, 0.2) is 11.6 Å². The van der Waals surface area contributed by atoms with Crippen LogP contribution < -0.4 is 0 Å². The summed E-state index contributed by atoms with van der Waals surface area (Å²) < 4.78 is 55.5. The zero-order valence-electron chi connectivity index (χ0n) is 38.5. The van der Waals surface area contributed by atoms with E-state index in [2.05, 4.69) is 95.6 Å². The van der Waals surface area contributed by atoms with E-state index in [9.17, 15) is 0 Å². The third-order valence-corrected chi connectivity index (χ3v) is 12.1. The SMILES string of the molecule is [2H]c1c([2H])c([2H])c(-c2nc(-c3cc(-n4c5ccccc5c5ccccc54)cc4c3oc3c(-c5ccccc5)cccc34)nc(-n3c4ccccc4c4ccc(-c5ccccc5)cc43)n2)c([2H])c1[2H]. The molecule has 0 saturated carbocycles. The third kappa shape index (κ3) is 5.55. The van der Waals surface area contributed by atoms with E-state index in [-0.39, 0.29) is 23.2 Å². The molecule has 0 aliphatic rings. The van der Waals surface area contributed by atoms with Crippen LogP contribution in [0, 0.1) is 0 Å². The summed E-state index contributed by atoms with van der Waals surface area (Å²) in [7, 11) is 0. The van der Waals surface area contributed by atoms with Gasteiger partial charge in [0.05, 0.1) is 34.5 Å². The minimum absolute atomic E-state index is 0.0800. The summed E-state index contributed by atoms with van der Waals surface area (Å²) in [6, 6.07) is 59.3. The summed E-state index contributed by atoms with van der Waals surface area (Å²) in [4.78, 5) is 15.6. The van der Waals surface area contributed by atoms with Crippen molar-refractivity contribution in [3.8, 4) is 56.7 Å². The number of benzene rings is 9. The van der Waals surface area contributed by atoms with Crippen LogP contribution in [0.15, 0.2) is 217 Å². The highest BCUT2D eigenvalue weighted by molar-refractivity contribution is 6.15. The highest BCUT2D eigenvalue weighted by Gasteiger charge is 2.24. The molecule has 0 spiro atoms. The van der Waals surface area contributed by atoms with Gasteiger partial charge in [0.25, 0.3) is 0 Å². The highest BCUT2D eigenvalue weighted by atomic mass is 16.3. The van der Waals surface area contributed by atoms with E-state index in [1.165, 1.54) is 0 Å². The lowest BCUT2D eigenvalue weighted by atomic mass is 10.0. The molecule has 9 aromatic carbocycles. The first-order valence-electron chi connectivity index (χ1n) is 23.3. The maximum absolute atomic E-state index is 9.17. The predicted octanol–water partition coefficient (Wildman–Crippen LogP) is 14.6. The Morgan fingerprint density at radius 1 is 0.365 bits per heavy atom. The number of aromatic nitrogens is 5. The topological polar surface area (TPSA) is 61.7 Å². The molecule has 0 atom stereocenters. The Labute approximate surface area is 368 Å². The van der Waals surface area contributed by atoms with Crippen LogP contribution in [0.2, 0.25) is 0 Å². The first kappa shape index (κ1) is 30.4. The summed E-state index contributed by atoms with van der Waals surface area (Å²) in [5.74, 6) is 0.309. The van der Waals surface area contributed by atoms with Crippen LogP contribution in [0.5, 0.6) is 0 Å². The van der Waals surface area contributed by atoms with Gasteiger partial charge in [-0.1, -0.05) is 176 Å². The van der Waals surface area contributed by atoms with Gasteiger partial charge in [-0.15, -0.1) is 0 Å². The normalized spacial score (nSPS) is 12.9. The Kier molecular flexibility index (Phi) is 6.75. The molecule has 0 bridgehead atoms. The van der Waals surface area contributed by atoms with Crippen molar-refractivity contribution in [3.63, 3.8) is 0 Å². The molecule has 0 amide bonds. The zero-order valence-corrected chi connectivity index (χ0v) is 33.5. The largest absolute Gasteiger partial charge is 0.455 e. The molecule has 63 heavy (non-hydrogen) atoms. The Balaban J connectivity index is 1.18. The van der Waals surface area contributed by atoms with Crippen molar-refractivity contribution < 1.29 is 11.3 Å². The summed E-state index contributed by atoms with van der Waals surface area (Å²) in [5.41, 5.74) is 9.99. The quantitative estimate of drug-likeness (QED) is 0.168. The first-order chi connectivity index (χ1) is 33.3. The molecule has 294 valence electrons. The molecule has 13 rings (SSSR count). The monoisotopic (exact) mass is 810 g/mol. The lowest BCUT2D eigenvalue weighted by Gasteiger charge is -2.13. The molecule has 6 nitrogen and oxygen atoms in total. The predicted molar refractivity (Wildman–Crippen MR) is 258 cm³/mol. The van der Waals surface area contributed by atoms with Crippen molar-refractivity contribution in [1.29, 1.82) is 0 Å². The van der Waals surface area contributed by atoms with E-state index in [4.69, 9.17) is 26.2 Å². The fourth-order valence-corrected chi connectivity index (χ4v) is 9.28. The second kappa shape index (κ2) is 14.0. The van der Waals surface area contributed by atoms with Crippen LogP contribution in [-0.4, -0.2) is 24.1 Å². The highest BCUT2D eigenvalue weighted by Crippen LogP contribution is 2.43. The molecule has 0 saturated heterocycles. The van der Waals surface area contributed by atoms with Crippen molar-refractivity contribution in [2.24, 2.45) is 0 Å². The van der Waals surface area contributed by atoms with E-state index in [1.807, 2.05) is 95.6 Å². The first-order valence-corrected chi connectivity index (χ1v) is 20.8. The number of rotatable bonds is 6. The molecule has 6 heteroatoms. The van der Waals surface area contributed by atoms with Gasteiger partial charge in [0.1, 0.15) is 11.2 Å². The minimum Gasteiger partial charge on any atom is -0.455 e. The van der Waals surface area contributed by atoms with E-state index in [0.29, 0.717) is 16.7 Å². The Morgan fingerprint density at radius 3 is 1.63 bits per heavy atom. The minimum atomic E-state index is -0.508. The molecule has 0 aliphatic carbocycles. The van der Waals surface area contributed by atoms with Crippen molar-refractivity contribution in [2.75, 3.05) is 0 Å². The average Bonchev–Trinajstić information content (AvgIpc) is 4.05. The Hall–Kier alpha value is -8.61. The molecule has 0 aliphatic heterocycles. The maximum Gasteiger partial charge on any atom is 0.238 e. The van der Waals surface area contributed by atoms with Crippen LogP contribution in [0.3, 0.4) is 0 Å². The molecular formula is C57H35N5O. The van der Waals surface area contributed by atoms with Crippen molar-refractivity contribution in [3.05, 3.63) is 212 Å². The smallest absolute Gasteiger partial charge is 0.238 e. The molecule has 4 heterocycles. The van der Waals surface area contributed by atoms with Crippen LogP contribution in [0.1, 0.15) is 6.85 Å². The van der Waals surface area contributed by atoms with Gasteiger partial charge in [-0.25, -0.2) is 4.98 Å². The second-order valence-corrected chi connectivity index (χ2v) is 15.6. The number of nitrogens with zero attached hydrogens (tertiary/aromatic N) is 5. The van der Waals surface area contributed by atoms with Gasteiger partial charge in [0.2, 0.25) is 5.95 Å². The molecule has 4 aromatic heterocycles. The summed E-state index contributed by atoms with van der Waals surface area (Å²) in [6.07, 6.45) is 0. The molecule has 0 radical (unpaired) electrons. The van der Waals surface area contributed by atoms with Crippen molar-refractivity contribution >= 4 is 65.6 Å². The van der Waals surface area contributed by atoms with E-state index in [1.54, 1.807) is 0 Å². The second-order valence-electron chi connectivity index (χ2n) is 15.6. The summed E-state index contributed by atoms with van der Waals surface area (Å²) in [6.45, 7) is 0. The van der Waals surface area contributed by atoms with Gasteiger partial charge in [-0.3, -0.25) is 4.57 Å². The maximum atomic E-state index is 9.17. The number of fused-ring (bicyclic) bond motifs is 9. The zero-order chi connectivity index (χ0) is 45.8. The summed E-state index contributed by atoms with van der Waals surface area (Å²) in [5, 5.41) is 5.84. The number of furan rings is 1. The fourth-order valence-electron chi connectivity index (χ4n) is 9.28. The lowest BCUT2D eigenvalue weighted by molar-refractivity contribution is 0.670. The van der Waals surface area contributed by atoms with Crippen LogP contribution in [-0.2, 0) is 0 Å². The van der Waals surface area contributed by atoms with Crippen molar-refractivity contribution in [1.82, 2.24) is 24.1 Å². The lowest BCUT2D eigenvalue weighted by Crippen LogP contribution is -2.07. The average molecular weight is 811 g/mol. The number of hydrogen-bond acceptors (Lipinski definition) is 4. The third-order valence-electron chi connectivity index (χ3n) is 12.1. The fraction of sp³-hybridized carbons (Fsp3) is 0. The number of hydrogen-bond donors (Lipinski definition) is 0. The van der Waals surface area contributed by atoms with Gasteiger partial charge >= 0.3 is 0 Å². The van der Waals surface area contributed by atoms with Gasteiger partial charge in [-0.05, 0) is 53.1 Å². The standard InChI is InChI=1S/C57H35N5O/c1-4-17-36(18-5-1)39-31-32-45-44-25-12-15-30-51(44)62(52(45)33-39)57-59-55(38-21-8-3-9-22-38)58-56(60-57)48-35-40(61-49-28-13-10-23-42(49)43-24-11-14-29-50(43)61)34-47-46-27-16-26-41(53(46)63-54(47)48)37-19-6-2-7-20-37/h1-35H/i3D,8D,9D,21D,22D. The van der Waals surface area contributed by atoms with Crippen LogP contribution >= 0.6 is 0 Å². The molecule has 13 aromatic rings.